The lowest BCUT2D eigenvalue weighted by Gasteiger charge is -2.32. The summed E-state index contributed by atoms with van der Waals surface area (Å²) in [7, 11) is 3.79. The van der Waals surface area contributed by atoms with Crippen molar-refractivity contribution in [1.82, 2.24) is 28.9 Å². The van der Waals surface area contributed by atoms with Crippen LogP contribution in [0, 0.1) is 0 Å². The summed E-state index contributed by atoms with van der Waals surface area (Å²) < 4.78 is 3.45. The van der Waals surface area contributed by atoms with Gasteiger partial charge in [0.25, 0.3) is 5.56 Å². The lowest BCUT2D eigenvalue weighted by molar-refractivity contribution is 0.144. The van der Waals surface area contributed by atoms with E-state index in [0.717, 1.165) is 57.8 Å². The Kier molecular flexibility index (Phi) is 5.39. The van der Waals surface area contributed by atoms with Gasteiger partial charge in [-0.3, -0.25) is 19.2 Å². The van der Waals surface area contributed by atoms with E-state index in [-0.39, 0.29) is 5.56 Å². The van der Waals surface area contributed by atoms with Crippen LogP contribution in [0.15, 0.2) is 9.59 Å². The molecule has 3 heterocycles. The number of nitrogens with zero attached hydrogens (tertiary/aromatic N) is 5. The quantitative estimate of drug-likeness (QED) is 0.763. The summed E-state index contributed by atoms with van der Waals surface area (Å²) in [5, 5.41) is 0. The monoisotopic (exact) mass is 348 g/mol. The first kappa shape index (κ1) is 17.9. The molecular weight excluding hydrogens is 320 g/mol. The number of aryl methyl sites for hydroxylation is 2. The second-order valence-electron chi connectivity index (χ2n) is 6.96. The van der Waals surface area contributed by atoms with Gasteiger partial charge >= 0.3 is 5.69 Å². The number of fused-ring (bicyclic) bond motifs is 1. The average molecular weight is 348 g/mol. The van der Waals surface area contributed by atoms with Crippen LogP contribution < -0.4 is 11.2 Å². The number of aromatic amines is 1. The summed E-state index contributed by atoms with van der Waals surface area (Å²) in [5.41, 5.74) is 0.241. The van der Waals surface area contributed by atoms with Gasteiger partial charge in [-0.05, 0) is 13.5 Å². The first-order valence-corrected chi connectivity index (χ1v) is 9.10. The van der Waals surface area contributed by atoms with Gasteiger partial charge < -0.3 is 9.47 Å². The molecule has 0 aliphatic carbocycles. The number of nitrogens with one attached hydrogen (secondary N) is 1. The molecule has 2 aromatic heterocycles. The fraction of sp³-hybridized carbons (Fsp3) is 0.706. The molecule has 0 amide bonds. The Bertz CT molecular complexity index is 841. The van der Waals surface area contributed by atoms with Crippen molar-refractivity contribution >= 4 is 11.2 Å². The fourth-order valence-corrected chi connectivity index (χ4v) is 3.37. The molecule has 0 unspecified atom stereocenters. The molecule has 1 saturated heterocycles. The molecule has 138 valence electrons. The summed E-state index contributed by atoms with van der Waals surface area (Å²) in [4.78, 5) is 36.1. The van der Waals surface area contributed by atoms with E-state index in [1.165, 1.54) is 4.57 Å². The Balaban J connectivity index is 1.99. The van der Waals surface area contributed by atoms with E-state index >= 15 is 0 Å². The van der Waals surface area contributed by atoms with E-state index in [1.54, 1.807) is 7.05 Å². The third-order valence-electron chi connectivity index (χ3n) is 5.03. The highest BCUT2D eigenvalue weighted by molar-refractivity contribution is 5.70. The van der Waals surface area contributed by atoms with Gasteiger partial charge in [0.15, 0.2) is 11.2 Å². The Morgan fingerprint density at radius 1 is 1.08 bits per heavy atom. The number of aromatic nitrogens is 4. The molecule has 0 aromatic carbocycles. The lowest BCUT2D eigenvalue weighted by atomic mass is 10.2. The summed E-state index contributed by atoms with van der Waals surface area (Å²) in [5.74, 6) is 0.877. The van der Waals surface area contributed by atoms with Crippen molar-refractivity contribution in [3.63, 3.8) is 0 Å². The topological polar surface area (TPSA) is 79.2 Å². The van der Waals surface area contributed by atoms with Gasteiger partial charge in [-0.2, -0.15) is 0 Å². The van der Waals surface area contributed by atoms with Crippen molar-refractivity contribution in [2.24, 2.45) is 7.05 Å². The van der Waals surface area contributed by atoms with Gasteiger partial charge in [0.1, 0.15) is 5.82 Å². The predicted molar refractivity (Wildman–Crippen MR) is 97.9 cm³/mol. The van der Waals surface area contributed by atoms with Gasteiger partial charge in [-0.25, -0.2) is 9.78 Å². The van der Waals surface area contributed by atoms with Crippen molar-refractivity contribution in [3.05, 3.63) is 26.7 Å². The highest BCUT2D eigenvalue weighted by Crippen LogP contribution is 2.15. The highest BCUT2D eigenvalue weighted by atomic mass is 16.2. The van der Waals surface area contributed by atoms with Crippen LogP contribution >= 0.6 is 0 Å². The van der Waals surface area contributed by atoms with E-state index in [0.29, 0.717) is 17.7 Å². The average Bonchev–Trinajstić information content (AvgIpc) is 2.94. The minimum Gasteiger partial charge on any atom is -0.321 e. The highest BCUT2D eigenvalue weighted by Gasteiger charge is 2.20. The normalized spacial score (nSPS) is 16.8. The molecule has 1 N–H and O–H groups in total. The fourth-order valence-electron chi connectivity index (χ4n) is 3.37. The van der Waals surface area contributed by atoms with Gasteiger partial charge in [0.05, 0.1) is 6.54 Å². The van der Waals surface area contributed by atoms with Gasteiger partial charge in [0, 0.05) is 39.8 Å². The van der Waals surface area contributed by atoms with Crippen LogP contribution in [0.1, 0.15) is 32.0 Å². The molecule has 25 heavy (non-hydrogen) atoms. The molecule has 0 spiro atoms. The van der Waals surface area contributed by atoms with E-state index in [2.05, 4.69) is 33.7 Å². The van der Waals surface area contributed by atoms with Crippen molar-refractivity contribution < 1.29 is 0 Å². The Morgan fingerprint density at radius 3 is 2.48 bits per heavy atom. The minimum absolute atomic E-state index is 0.341. The molecule has 0 atom stereocenters. The van der Waals surface area contributed by atoms with Crippen LogP contribution in [0.5, 0.6) is 0 Å². The second-order valence-corrected chi connectivity index (χ2v) is 6.96. The van der Waals surface area contributed by atoms with E-state index in [9.17, 15) is 9.59 Å². The van der Waals surface area contributed by atoms with E-state index in [4.69, 9.17) is 0 Å². The van der Waals surface area contributed by atoms with Gasteiger partial charge in [0.2, 0.25) is 0 Å². The second kappa shape index (κ2) is 7.53. The Labute approximate surface area is 147 Å². The molecular formula is C17H28N6O2. The maximum atomic E-state index is 12.4. The third-order valence-corrected chi connectivity index (χ3v) is 5.03. The molecule has 8 nitrogen and oxygen atoms in total. The number of H-pyrrole nitrogens is 1. The van der Waals surface area contributed by atoms with E-state index < -0.39 is 5.69 Å². The van der Waals surface area contributed by atoms with Crippen molar-refractivity contribution in [1.29, 1.82) is 0 Å². The molecule has 0 radical (unpaired) electrons. The Morgan fingerprint density at radius 2 is 1.80 bits per heavy atom. The summed E-state index contributed by atoms with van der Waals surface area (Å²) >= 11 is 0. The van der Waals surface area contributed by atoms with Gasteiger partial charge in [-0.15, -0.1) is 0 Å². The number of likely N-dealkylation sites (N-methyl/N-ethyl adjacent to an activating group) is 1. The molecule has 3 rings (SSSR count). The first-order chi connectivity index (χ1) is 12.0. The number of unbranched alkanes of at least 4 members (excludes halogenated alkanes) is 2. The summed E-state index contributed by atoms with van der Waals surface area (Å²) in [6.07, 6.45) is 3.23. The zero-order chi connectivity index (χ0) is 18.0. The molecule has 1 aliphatic rings. The van der Waals surface area contributed by atoms with Crippen LogP contribution in [0.4, 0.5) is 0 Å². The van der Waals surface area contributed by atoms with Crippen LogP contribution in [-0.2, 0) is 20.1 Å². The number of hydrogen-bond acceptors (Lipinski definition) is 5. The zero-order valence-corrected chi connectivity index (χ0v) is 15.4. The smallest absolute Gasteiger partial charge is 0.321 e. The van der Waals surface area contributed by atoms with Crippen molar-refractivity contribution in [3.8, 4) is 0 Å². The van der Waals surface area contributed by atoms with Crippen molar-refractivity contribution in [2.75, 3.05) is 33.2 Å². The molecule has 0 bridgehead atoms. The molecule has 0 saturated carbocycles. The van der Waals surface area contributed by atoms with Crippen LogP contribution in [0.25, 0.3) is 11.2 Å². The van der Waals surface area contributed by atoms with Crippen LogP contribution in [0.3, 0.4) is 0 Å². The number of imidazole rings is 1. The van der Waals surface area contributed by atoms with Gasteiger partial charge in [-0.1, -0.05) is 19.8 Å². The number of hydrogen-bond donors (Lipinski definition) is 1. The zero-order valence-electron chi connectivity index (χ0n) is 15.4. The SMILES string of the molecule is CCCCCn1c(CN2CCN(C)CC2)nc2c1c(=O)[nH]c(=O)n2C. The van der Waals surface area contributed by atoms with Crippen LogP contribution in [-0.4, -0.2) is 62.1 Å². The largest absolute Gasteiger partial charge is 0.329 e. The lowest BCUT2D eigenvalue weighted by Crippen LogP contribution is -2.44. The number of rotatable bonds is 6. The number of piperazine rings is 1. The summed E-state index contributed by atoms with van der Waals surface area (Å²) in [6.45, 7) is 7.68. The first-order valence-electron chi connectivity index (χ1n) is 9.10. The Hall–Kier alpha value is -1.93. The molecule has 8 heteroatoms. The van der Waals surface area contributed by atoms with E-state index in [1.807, 2.05) is 4.57 Å². The van der Waals surface area contributed by atoms with Crippen LogP contribution in [0.2, 0.25) is 0 Å². The predicted octanol–water partition coefficient (Wildman–Crippen LogP) is 0.361. The third kappa shape index (κ3) is 3.69. The molecule has 2 aromatic rings. The van der Waals surface area contributed by atoms with Crippen molar-refractivity contribution in [2.45, 2.75) is 39.3 Å². The maximum absolute atomic E-state index is 12.4. The maximum Gasteiger partial charge on any atom is 0.329 e. The molecule has 1 aliphatic heterocycles. The minimum atomic E-state index is -0.415. The summed E-state index contributed by atoms with van der Waals surface area (Å²) in [6, 6.07) is 0. The standard InChI is InChI=1S/C17H28N6O2/c1-4-5-6-7-23-13(12-22-10-8-20(2)9-11-22)18-15-14(23)16(24)19-17(25)21(15)3/h4-12H2,1-3H3,(H,19,24,25). The molecule has 1 fully saturated rings.